The Balaban J connectivity index is 1.69. The maximum absolute atomic E-state index is 11.9. The van der Waals surface area contributed by atoms with Crippen LogP contribution in [-0.2, 0) is 4.79 Å². The van der Waals surface area contributed by atoms with Gasteiger partial charge in [-0.2, -0.15) is 0 Å². The third-order valence-corrected chi connectivity index (χ3v) is 8.67. The molecule has 4 aliphatic carbocycles. The van der Waals surface area contributed by atoms with Crippen LogP contribution in [0.5, 0.6) is 0 Å². The van der Waals surface area contributed by atoms with E-state index in [1.165, 1.54) is 25.7 Å². The van der Waals surface area contributed by atoms with Gasteiger partial charge in [0.2, 0.25) is 0 Å². The van der Waals surface area contributed by atoms with Crippen molar-refractivity contribution >= 4 is 5.78 Å². The summed E-state index contributed by atoms with van der Waals surface area (Å²) >= 11 is 0. The minimum atomic E-state index is -0.0839. The van der Waals surface area contributed by atoms with Crippen molar-refractivity contribution in [3.8, 4) is 0 Å². The molecule has 2 heteroatoms. The molecule has 0 aromatic carbocycles. The molecular formula is C20H32O2. The second kappa shape index (κ2) is 4.82. The Bertz CT molecular complexity index is 486. The Morgan fingerprint density at radius 1 is 1.09 bits per heavy atom. The SMILES string of the molecule is C[C@H]1C[C@]2(C)C(O)CCC2C2CCC3CC(=O)CC[C@]3(C)C21. The molecule has 0 spiro atoms. The van der Waals surface area contributed by atoms with Gasteiger partial charge < -0.3 is 5.11 Å². The number of hydrogen-bond donors (Lipinski definition) is 1. The zero-order valence-electron chi connectivity index (χ0n) is 14.5. The number of rotatable bonds is 0. The third kappa shape index (κ3) is 1.85. The minimum absolute atomic E-state index is 0.0839. The van der Waals surface area contributed by atoms with Crippen LogP contribution in [0.4, 0.5) is 0 Å². The molecule has 4 aliphatic rings. The van der Waals surface area contributed by atoms with E-state index in [0.717, 1.165) is 43.4 Å². The van der Waals surface area contributed by atoms with Gasteiger partial charge in [-0.25, -0.2) is 0 Å². The zero-order valence-corrected chi connectivity index (χ0v) is 14.5. The van der Waals surface area contributed by atoms with Gasteiger partial charge in [-0.05, 0) is 78.9 Å². The van der Waals surface area contributed by atoms with Gasteiger partial charge in [-0.15, -0.1) is 0 Å². The van der Waals surface area contributed by atoms with Gasteiger partial charge >= 0.3 is 0 Å². The highest BCUT2D eigenvalue weighted by molar-refractivity contribution is 5.79. The van der Waals surface area contributed by atoms with Gasteiger partial charge in [0, 0.05) is 12.8 Å². The summed E-state index contributed by atoms with van der Waals surface area (Å²) in [6.07, 6.45) is 8.67. The number of carbonyl (C=O) groups excluding carboxylic acids is 1. The highest BCUT2D eigenvalue weighted by Crippen LogP contribution is 2.67. The fraction of sp³-hybridized carbons (Fsp3) is 0.950. The Hall–Kier alpha value is -0.370. The fourth-order valence-electron chi connectivity index (χ4n) is 7.73. The lowest BCUT2D eigenvalue weighted by molar-refractivity contribution is -0.155. The quantitative estimate of drug-likeness (QED) is 0.728. The third-order valence-electron chi connectivity index (χ3n) is 8.67. The summed E-state index contributed by atoms with van der Waals surface area (Å²) < 4.78 is 0. The largest absolute Gasteiger partial charge is 0.393 e. The van der Waals surface area contributed by atoms with Crippen LogP contribution in [0.1, 0.15) is 72.1 Å². The standard InChI is InChI=1S/C20H32O2/c1-12-11-20(3)16(6-7-17(20)22)15-5-4-13-10-14(21)8-9-19(13,2)18(12)15/h12-13,15-18,22H,4-11H2,1-3H3/t12-,13?,15?,16?,17?,18?,19-,20-/m0/s1. The first-order valence-corrected chi connectivity index (χ1v) is 9.56. The Morgan fingerprint density at radius 2 is 1.86 bits per heavy atom. The van der Waals surface area contributed by atoms with Crippen LogP contribution in [-0.4, -0.2) is 17.0 Å². The van der Waals surface area contributed by atoms with Crippen molar-refractivity contribution in [1.29, 1.82) is 0 Å². The topological polar surface area (TPSA) is 37.3 Å². The summed E-state index contributed by atoms with van der Waals surface area (Å²) in [6.45, 7) is 7.31. The van der Waals surface area contributed by atoms with Crippen molar-refractivity contribution in [3.63, 3.8) is 0 Å². The molecule has 5 unspecified atom stereocenters. The highest BCUT2D eigenvalue weighted by atomic mass is 16.3. The summed E-state index contributed by atoms with van der Waals surface area (Å²) in [5.74, 6) is 4.13. The molecule has 1 N–H and O–H groups in total. The van der Waals surface area contributed by atoms with E-state index in [1.807, 2.05) is 0 Å². The van der Waals surface area contributed by atoms with E-state index in [-0.39, 0.29) is 11.5 Å². The second-order valence-electron chi connectivity index (χ2n) is 9.60. The molecule has 124 valence electrons. The Kier molecular flexibility index (Phi) is 3.32. The van der Waals surface area contributed by atoms with Crippen LogP contribution in [0.15, 0.2) is 0 Å². The highest BCUT2D eigenvalue weighted by Gasteiger charge is 2.62. The molecule has 2 nitrogen and oxygen atoms in total. The van der Waals surface area contributed by atoms with Crippen molar-refractivity contribution < 1.29 is 9.90 Å². The number of carbonyl (C=O) groups is 1. The van der Waals surface area contributed by atoms with Crippen molar-refractivity contribution in [2.24, 2.45) is 40.4 Å². The van der Waals surface area contributed by atoms with Crippen LogP contribution < -0.4 is 0 Å². The molecule has 4 saturated carbocycles. The second-order valence-corrected chi connectivity index (χ2v) is 9.60. The predicted octanol–water partition coefficient (Wildman–Crippen LogP) is 4.21. The molecule has 0 aromatic heterocycles. The van der Waals surface area contributed by atoms with Gasteiger partial charge in [0.1, 0.15) is 5.78 Å². The van der Waals surface area contributed by atoms with Crippen LogP contribution in [0.3, 0.4) is 0 Å². The smallest absolute Gasteiger partial charge is 0.133 e. The van der Waals surface area contributed by atoms with E-state index in [1.54, 1.807) is 0 Å². The minimum Gasteiger partial charge on any atom is -0.393 e. The molecule has 0 bridgehead atoms. The number of hydrogen-bond acceptors (Lipinski definition) is 2. The zero-order chi connectivity index (χ0) is 15.7. The van der Waals surface area contributed by atoms with Crippen LogP contribution >= 0.6 is 0 Å². The maximum Gasteiger partial charge on any atom is 0.133 e. The molecule has 0 saturated heterocycles. The van der Waals surface area contributed by atoms with Gasteiger partial charge in [-0.3, -0.25) is 4.79 Å². The van der Waals surface area contributed by atoms with E-state index in [4.69, 9.17) is 0 Å². The van der Waals surface area contributed by atoms with E-state index < -0.39 is 0 Å². The summed E-state index contributed by atoms with van der Waals surface area (Å²) in [4.78, 5) is 11.9. The molecule has 4 rings (SSSR count). The van der Waals surface area contributed by atoms with Gasteiger partial charge in [0.05, 0.1) is 6.10 Å². The predicted molar refractivity (Wildman–Crippen MR) is 87.3 cm³/mol. The molecule has 0 aromatic rings. The van der Waals surface area contributed by atoms with E-state index in [2.05, 4.69) is 20.8 Å². The lowest BCUT2D eigenvalue weighted by Crippen LogP contribution is -2.57. The molecule has 4 fully saturated rings. The van der Waals surface area contributed by atoms with Crippen molar-refractivity contribution in [3.05, 3.63) is 0 Å². The van der Waals surface area contributed by atoms with Crippen molar-refractivity contribution in [2.75, 3.05) is 0 Å². The molecule has 0 radical (unpaired) electrons. The van der Waals surface area contributed by atoms with Crippen LogP contribution in [0, 0.1) is 40.4 Å². The average molecular weight is 304 g/mol. The van der Waals surface area contributed by atoms with Crippen molar-refractivity contribution in [1.82, 2.24) is 0 Å². The monoisotopic (exact) mass is 304 g/mol. The number of Topliss-reactive ketones (excluding diaryl/α,β-unsaturated/α-hetero) is 1. The van der Waals surface area contributed by atoms with E-state index in [9.17, 15) is 9.90 Å². The summed E-state index contributed by atoms with van der Waals surface area (Å²) in [5.41, 5.74) is 0.541. The molecule has 0 aliphatic heterocycles. The fourth-order valence-corrected chi connectivity index (χ4v) is 7.73. The lowest BCUT2D eigenvalue weighted by Gasteiger charge is -2.62. The lowest BCUT2D eigenvalue weighted by atomic mass is 9.43. The number of aliphatic hydroxyl groups excluding tert-OH is 1. The molecule has 0 heterocycles. The van der Waals surface area contributed by atoms with E-state index >= 15 is 0 Å². The molecular weight excluding hydrogens is 272 g/mol. The molecule has 22 heavy (non-hydrogen) atoms. The summed E-state index contributed by atoms with van der Waals surface area (Å²) in [6, 6.07) is 0. The summed E-state index contributed by atoms with van der Waals surface area (Å²) in [7, 11) is 0. The summed E-state index contributed by atoms with van der Waals surface area (Å²) in [5, 5.41) is 10.6. The van der Waals surface area contributed by atoms with E-state index in [0.29, 0.717) is 23.0 Å². The van der Waals surface area contributed by atoms with Gasteiger partial charge in [0.15, 0.2) is 0 Å². The average Bonchev–Trinajstić information content (AvgIpc) is 2.75. The van der Waals surface area contributed by atoms with Crippen LogP contribution in [0.25, 0.3) is 0 Å². The number of fused-ring (bicyclic) bond motifs is 5. The maximum atomic E-state index is 11.9. The van der Waals surface area contributed by atoms with Crippen molar-refractivity contribution in [2.45, 2.75) is 78.2 Å². The van der Waals surface area contributed by atoms with Gasteiger partial charge in [0.25, 0.3) is 0 Å². The normalized spacial score (nSPS) is 57.9. The number of aliphatic hydroxyl groups is 1. The Labute approximate surface area is 135 Å². The molecule has 0 amide bonds. The van der Waals surface area contributed by atoms with Crippen LogP contribution in [0.2, 0.25) is 0 Å². The first-order chi connectivity index (χ1) is 10.4. The Morgan fingerprint density at radius 3 is 2.64 bits per heavy atom. The van der Waals surface area contributed by atoms with Gasteiger partial charge in [-0.1, -0.05) is 20.8 Å². The molecule has 8 atom stereocenters. The first-order valence-electron chi connectivity index (χ1n) is 9.56. The first kappa shape index (κ1) is 15.2. The number of ketones is 1.